The average molecular weight is 519 g/mol. The summed E-state index contributed by atoms with van der Waals surface area (Å²) in [7, 11) is 0. The minimum Gasteiger partial charge on any atom is -0.459 e. The third-order valence-electron chi connectivity index (χ3n) is 6.53. The summed E-state index contributed by atoms with van der Waals surface area (Å²) in [6, 6.07) is 24.6. The fraction of sp³-hybridized carbons (Fsp3) is 0.143. The first kappa shape index (κ1) is 22.9. The number of amides is 2. The quantitative estimate of drug-likeness (QED) is 0.284. The van der Waals surface area contributed by atoms with Crippen LogP contribution in [-0.2, 0) is 14.4 Å². The standard InChI is InChI=1S/C28H20Cl2N2O4/c1-16-7-10-18(11-8-16)31-27(33)24-25(32(36-26(24)28(31)34)19-5-3-2-4-6-19)23-14-13-22(35-23)20-15-17(29)9-12-21(20)30/h2-15,24-26H,1H3/t24-,25-,26-/m1/s1. The molecule has 6 nitrogen and oxygen atoms in total. The van der Waals surface area contributed by atoms with Gasteiger partial charge in [-0.25, -0.2) is 9.96 Å². The second kappa shape index (κ2) is 8.82. The summed E-state index contributed by atoms with van der Waals surface area (Å²) >= 11 is 12.6. The van der Waals surface area contributed by atoms with Crippen LogP contribution in [0.1, 0.15) is 17.4 Å². The first-order valence-corrected chi connectivity index (χ1v) is 12.2. The maximum atomic E-state index is 13.7. The molecule has 2 aliphatic heterocycles. The third-order valence-corrected chi connectivity index (χ3v) is 7.10. The number of para-hydroxylation sites is 1. The highest BCUT2D eigenvalue weighted by atomic mass is 35.5. The van der Waals surface area contributed by atoms with Gasteiger partial charge in [0, 0.05) is 10.6 Å². The highest BCUT2D eigenvalue weighted by Gasteiger charge is 2.61. The van der Waals surface area contributed by atoms with Crippen molar-refractivity contribution in [3.8, 4) is 11.3 Å². The van der Waals surface area contributed by atoms with Crippen LogP contribution in [0.4, 0.5) is 11.4 Å². The summed E-state index contributed by atoms with van der Waals surface area (Å²) in [6.07, 6.45) is -0.979. The van der Waals surface area contributed by atoms with E-state index in [-0.39, 0.29) is 5.91 Å². The molecule has 0 bridgehead atoms. The van der Waals surface area contributed by atoms with Crippen molar-refractivity contribution in [3.63, 3.8) is 0 Å². The molecule has 180 valence electrons. The zero-order valence-corrected chi connectivity index (χ0v) is 20.6. The van der Waals surface area contributed by atoms with Gasteiger partial charge in [-0.15, -0.1) is 0 Å². The molecule has 3 heterocycles. The molecule has 1 aromatic heterocycles. The molecule has 0 aliphatic carbocycles. The smallest absolute Gasteiger partial charge is 0.266 e. The zero-order chi connectivity index (χ0) is 25.0. The number of rotatable bonds is 4. The first-order valence-electron chi connectivity index (χ1n) is 11.4. The van der Waals surface area contributed by atoms with Crippen LogP contribution in [0.3, 0.4) is 0 Å². The number of anilines is 2. The maximum absolute atomic E-state index is 13.7. The maximum Gasteiger partial charge on any atom is 0.266 e. The normalized spacial score (nSPS) is 21.4. The molecular formula is C28H20Cl2N2O4. The number of carbonyl (C=O) groups is 2. The Kier molecular flexibility index (Phi) is 5.60. The third kappa shape index (κ3) is 3.69. The minimum atomic E-state index is -0.979. The number of benzene rings is 3. The van der Waals surface area contributed by atoms with E-state index >= 15 is 0 Å². The second-order valence-electron chi connectivity index (χ2n) is 8.83. The van der Waals surface area contributed by atoms with Gasteiger partial charge in [0.25, 0.3) is 5.91 Å². The minimum absolute atomic E-state index is 0.337. The van der Waals surface area contributed by atoms with E-state index in [1.165, 1.54) is 4.90 Å². The lowest BCUT2D eigenvalue weighted by Crippen LogP contribution is -2.37. The number of nitrogens with zero attached hydrogens (tertiary/aromatic N) is 2. The van der Waals surface area contributed by atoms with E-state index in [0.29, 0.717) is 38.5 Å². The number of carbonyl (C=O) groups excluding carboxylic acids is 2. The largest absolute Gasteiger partial charge is 0.459 e. The van der Waals surface area contributed by atoms with Crippen molar-refractivity contribution in [1.29, 1.82) is 0 Å². The zero-order valence-electron chi connectivity index (χ0n) is 19.1. The van der Waals surface area contributed by atoms with Gasteiger partial charge in [0.05, 0.1) is 16.4 Å². The Labute approximate surface area is 217 Å². The number of aryl methyl sites for hydroxylation is 1. The van der Waals surface area contributed by atoms with E-state index in [1.54, 1.807) is 47.5 Å². The Morgan fingerprint density at radius 3 is 2.31 bits per heavy atom. The fourth-order valence-electron chi connectivity index (χ4n) is 4.79. The molecule has 8 heteroatoms. The average Bonchev–Trinajstić information content (AvgIpc) is 3.57. The van der Waals surface area contributed by atoms with Crippen LogP contribution in [0, 0.1) is 12.8 Å². The van der Waals surface area contributed by atoms with E-state index in [4.69, 9.17) is 32.5 Å². The predicted octanol–water partition coefficient (Wildman–Crippen LogP) is 6.61. The van der Waals surface area contributed by atoms with Gasteiger partial charge in [-0.05, 0) is 61.5 Å². The summed E-state index contributed by atoms with van der Waals surface area (Å²) in [5.74, 6) is -0.559. The predicted molar refractivity (Wildman–Crippen MR) is 138 cm³/mol. The highest BCUT2D eigenvalue weighted by Crippen LogP contribution is 2.48. The molecule has 2 amide bonds. The van der Waals surface area contributed by atoms with Gasteiger partial charge in [-0.3, -0.25) is 14.4 Å². The fourth-order valence-corrected chi connectivity index (χ4v) is 5.18. The van der Waals surface area contributed by atoms with Crippen molar-refractivity contribution >= 4 is 46.4 Å². The van der Waals surface area contributed by atoms with Gasteiger partial charge in [-0.2, -0.15) is 0 Å². The lowest BCUT2D eigenvalue weighted by Gasteiger charge is -2.27. The Morgan fingerprint density at radius 1 is 0.806 bits per heavy atom. The summed E-state index contributed by atoms with van der Waals surface area (Å²) in [6.45, 7) is 1.95. The molecule has 0 unspecified atom stereocenters. The van der Waals surface area contributed by atoms with Crippen LogP contribution in [-0.4, -0.2) is 17.9 Å². The Morgan fingerprint density at radius 2 is 1.56 bits per heavy atom. The number of fused-ring (bicyclic) bond motifs is 1. The molecule has 4 aromatic rings. The van der Waals surface area contributed by atoms with E-state index < -0.39 is 24.0 Å². The Hall–Kier alpha value is -3.58. The van der Waals surface area contributed by atoms with Crippen LogP contribution in [0.25, 0.3) is 11.3 Å². The summed E-state index contributed by atoms with van der Waals surface area (Å²) in [5, 5.41) is 2.60. The molecule has 2 aliphatic rings. The molecule has 2 fully saturated rings. The van der Waals surface area contributed by atoms with Crippen molar-refractivity contribution in [2.45, 2.75) is 19.1 Å². The molecular weight excluding hydrogens is 499 g/mol. The molecule has 36 heavy (non-hydrogen) atoms. The first-order chi connectivity index (χ1) is 17.4. The van der Waals surface area contributed by atoms with E-state index in [0.717, 1.165) is 5.56 Å². The lowest BCUT2D eigenvalue weighted by molar-refractivity contribution is -0.126. The molecule has 0 radical (unpaired) electrons. The van der Waals surface area contributed by atoms with Crippen LogP contribution >= 0.6 is 23.2 Å². The van der Waals surface area contributed by atoms with Gasteiger partial charge >= 0.3 is 0 Å². The molecule has 2 saturated heterocycles. The van der Waals surface area contributed by atoms with E-state index in [2.05, 4.69) is 0 Å². The van der Waals surface area contributed by atoms with E-state index in [1.807, 2.05) is 49.4 Å². The number of furan rings is 1. The van der Waals surface area contributed by atoms with Crippen molar-refractivity contribution in [3.05, 3.63) is 106 Å². The van der Waals surface area contributed by atoms with Crippen LogP contribution in [0.5, 0.6) is 0 Å². The molecule has 0 N–H and O–H groups in total. The van der Waals surface area contributed by atoms with Gasteiger partial charge in [0.2, 0.25) is 5.91 Å². The molecule has 3 atom stereocenters. The number of hydroxylamine groups is 1. The summed E-state index contributed by atoms with van der Waals surface area (Å²) in [4.78, 5) is 34.6. The topological polar surface area (TPSA) is 63.0 Å². The van der Waals surface area contributed by atoms with Crippen molar-refractivity contribution in [1.82, 2.24) is 0 Å². The van der Waals surface area contributed by atoms with Gasteiger partial charge in [0.15, 0.2) is 6.10 Å². The molecule has 0 spiro atoms. The number of imide groups is 1. The SMILES string of the molecule is Cc1ccc(N2C(=O)[C@@H]3[C@@H](c4ccc(-c5cc(Cl)ccc5Cl)o4)N(c4ccccc4)O[C@H]3C2=O)cc1. The highest BCUT2D eigenvalue weighted by molar-refractivity contribution is 6.35. The Balaban J connectivity index is 1.43. The van der Waals surface area contributed by atoms with Gasteiger partial charge in [0.1, 0.15) is 23.5 Å². The number of hydrogen-bond donors (Lipinski definition) is 0. The molecule has 0 saturated carbocycles. The monoisotopic (exact) mass is 518 g/mol. The number of hydrogen-bond acceptors (Lipinski definition) is 5. The van der Waals surface area contributed by atoms with E-state index in [9.17, 15) is 9.59 Å². The molecule has 6 rings (SSSR count). The van der Waals surface area contributed by atoms with Crippen LogP contribution in [0.15, 0.2) is 89.3 Å². The lowest BCUT2D eigenvalue weighted by atomic mass is 9.94. The van der Waals surface area contributed by atoms with Crippen molar-refractivity contribution in [2.75, 3.05) is 9.96 Å². The summed E-state index contributed by atoms with van der Waals surface area (Å²) < 4.78 is 6.24. The second-order valence-corrected chi connectivity index (χ2v) is 9.68. The van der Waals surface area contributed by atoms with Crippen molar-refractivity contribution in [2.24, 2.45) is 5.92 Å². The Bertz CT molecular complexity index is 1470. The van der Waals surface area contributed by atoms with Gasteiger partial charge in [-0.1, -0.05) is 59.1 Å². The van der Waals surface area contributed by atoms with Crippen molar-refractivity contribution < 1.29 is 18.8 Å². The van der Waals surface area contributed by atoms with Crippen LogP contribution in [0.2, 0.25) is 10.0 Å². The summed E-state index contributed by atoms with van der Waals surface area (Å²) in [5.41, 5.74) is 2.89. The molecule has 3 aromatic carbocycles. The van der Waals surface area contributed by atoms with Crippen LogP contribution < -0.4 is 9.96 Å². The van der Waals surface area contributed by atoms with Gasteiger partial charge < -0.3 is 4.42 Å². The number of halogens is 2.